The Morgan fingerprint density at radius 2 is 1.74 bits per heavy atom. The fourth-order valence-corrected chi connectivity index (χ4v) is 6.24. The van der Waals surface area contributed by atoms with Crippen molar-refractivity contribution in [3.05, 3.63) is 63.6 Å². The summed E-state index contributed by atoms with van der Waals surface area (Å²) in [5.41, 5.74) is 2.31. The molecule has 38 heavy (non-hydrogen) atoms. The molecule has 1 saturated carbocycles. The predicted molar refractivity (Wildman–Crippen MR) is 154 cm³/mol. The number of nitrogens with one attached hydrogen (secondary N) is 1. The Morgan fingerprint density at radius 1 is 1.08 bits per heavy atom. The molecular weight excluding hydrogens is 545 g/mol. The summed E-state index contributed by atoms with van der Waals surface area (Å²) in [5.74, 6) is -0.340. The third-order valence-corrected chi connectivity index (χ3v) is 8.62. The van der Waals surface area contributed by atoms with Gasteiger partial charge in [0.05, 0.1) is 17.0 Å². The van der Waals surface area contributed by atoms with Crippen LogP contribution in [0.1, 0.15) is 63.0 Å². The smallest absolute Gasteiger partial charge is 0.243 e. The van der Waals surface area contributed by atoms with Crippen LogP contribution in [-0.2, 0) is 26.2 Å². The number of nitrogens with zero attached hydrogens (tertiary/aromatic N) is 2. The molecule has 0 unspecified atom stereocenters. The second kappa shape index (κ2) is 13.7. The minimum absolute atomic E-state index is 0.0497. The first-order chi connectivity index (χ1) is 18.0. The molecule has 0 aliphatic heterocycles. The van der Waals surface area contributed by atoms with Gasteiger partial charge in [-0.2, -0.15) is 0 Å². The Bertz CT molecular complexity index is 1220. The van der Waals surface area contributed by atoms with Crippen LogP contribution in [0.2, 0.25) is 10.0 Å². The Morgan fingerprint density at radius 3 is 2.34 bits per heavy atom. The summed E-state index contributed by atoms with van der Waals surface area (Å²) in [5, 5.41) is 3.75. The van der Waals surface area contributed by atoms with Gasteiger partial charge in [0, 0.05) is 30.6 Å². The number of anilines is 1. The van der Waals surface area contributed by atoms with Crippen molar-refractivity contribution in [2.45, 2.75) is 77.4 Å². The zero-order chi connectivity index (χ0) is 27.9. The van der Waals surface area contributed by atoms with Crippen LogP contribution in [0, 0.1) is 6.92 Å². The van der Waals surface area contributed by atoms with Crippen molar-refractivity contribution in [1.82, 2.24) is 10.2 Å². The van der Waals surface area contributed by atoms with E-state index in [1.807, 2.05) is 38.1 Å². The first-order valence-corrected chi connectivity index (χ1v) is 15.7. The number of amides is 2. The normalized spacial score (nSPS) is 14.8. The van der Waals surface area contributed by atoms with Gasteiger partial charge in [-0.25, -0.2) is 8.42 Å². The molecule has 7 nitrogen and oxygen atoms in total. The van der Waals surface area contributed by atoms with E-state index in [-0.39, 0.29) is 48.0 Å². The summed E-state index contributed by atoms with van der Waals surface area (Å²) in [6.45, 7) is 4.25. The van der Waals surface area contributed by atoms with Crippen LogP contribution in [0.25, 0.3) is 0 Å². The molecule has 208 valence electrons. The van der Waals surface area contributed by atoms with Gasteiger partial charge < -0.3 is 10.2 Å². The third kappa shape index (κ3) is 8.35. The van der Waals surface area contributed by atoms with Crippen LogP contribution < -0.4 is 9.62 Å². The number of rotatable bonds is 12. The van der Waals surface area contributed by atoms with Gasteiger partial charge in [0.25, 0.3) is 0 Å². The lowest BCUT2D eigenvalue weighted by Crippen LogP contribution is -2.51. The molecule has 0 spiro atoms. The zero-order valence-corrected chi connectivity index (χ0v) is 24.6. The molecule has 1 N–H and O–H groups in total. The van der Waals surface area contributed by atoms with Crippen molar-refractivity contribution >= 4 is 50.7 Å². The lowest BCUT2D eigenvalue weighted by molar-refractivity contribution is -0.141. The van der Waals surface area contributed by atoms with E-state index >= 15 is 0 Å². The van der Waals surface area contributed by atoms with Crippen LogP contribution in [0.15, 0.2) is 42.5 Å². The number of sulfonamides is 1. The van der Waals surface area contributed by atoms with E-state index in [2.05, 4.69) is 5.32 Å². The summed E-state index contributed by atoms with van der Waals surface area (Å²) in [4.78, 5) is 28.5. The Kier molecular flexibility index (Phi) is 10.9. The Balaban J connectivity index is 1.77. The van der Waals surface area contributed by atoms with Crippen LogP contribution in [0.3, 0.4) is 0 Å². The summed E-state index contributed by atoms with van der Waals surface area (Å²) in [6, 6.07) is 12.1. The molecule has 2 aromatic rings. The molecule has 1 fully saturated rings. The molecule has 2 amide bonds. The summed E-state index contributed by atoms with van der Waals surface area (Å²) >= 11 is 12.4. The highest BCUT2D eigenvalue weighted by Crippen LogP contribution is 2.31. The maximum Gasteiger partial charge on any atom is 0.243 e. The number of hydrogen-bond acceptors (Lipinski definition) is 4. The highest BCUT2D eigenvalue weighted by Gasteiger charge is 2.31. The molecular formula is C28H37Cl2N3O4S. The van der Waals surface area contributed by atoms with E-state index < -0.39 is 16.1 Å². The molecule has 0 heterocycles. The number of halogens is 2. The van der Waals surface area contributed by atoms with Crippen molar-refractivity contribution in [3.63, 3.8) is 0 Å². The molecule has 0 radical (unpaired) electrons. The minimum Gasteiger partial charge on any atom is -0.352 e. The van der Waals surface area contributed by atoms with Gasteiger partial charge in [0.1, 0.15) is 6.04 Å². The van der Waals surface area contributed by atoms with E-state index in [0.717, 1.165) is 43.1 Å². The molecule has 10 heteroatoms. The molecule has 1 aliphatic carbocycles. The maximum absolute atomic E-state index is 13.6. The minimum atomic E-state index is -3.67. The zero-order valence-electron chi connectivity index (χ0n) is 22.3. The largest absolute Gasteiger partial charge is 0.352 e. The van der Waals surface area contributed by atoms with Crippen molar-refractivity contribution < 1.29 is 18.0 Å². The van der Waals surface area contributed by atoms with Gasteiger partial charge in [-0.3, -0.25) is 13.9 Å². The number of carbonyl (C=O) groups excluding carboxylic acids is 2. The van der Waals surface area contributed by atoms with Gasteiger partial charge >= 0.3 is 0 Å². The molecule has 0 aromatic heterocycles. The summed E-state index contributed by atoms with van der Waals surface area (Å²) < 4.78 is 26.3. The lowest BCUT2D eigenvalue weighted by atomic mass is 10.1. The van der Waals surface area contributed by atoms with E-state index in [9.17, 15) is 18.0 Å². The van der Waals surface area contributed by atoms with E-state index in [1.165, 1.54) is 10.4 Å². The van der Waals surface area contributed by atoms with Crippen molar-refractivity contribution in [1.29, 1.82) is 0 Å². The molecule has 1 aliphatic rings. The number of aryl methyl sites for hydroxylation is 1. The number of hydrogen-bond donors (Lipinski definition) is 1. The molecule has 2 aromatic carbocycles. The number of carbonyl (C=O) groups is 2. The van der Waals surface area contributed by atoms with Gasteiger partial charge in [-0.15, -0.1) is 0 Å². The predicted octanol–water partition coefficient (Wildman–Crippen LogP) is 5.71. The van der Waals surface area contributed by atoms with Crippen LogP contribution >= 0.6 is 23.2 Å². The molecule has 0 bridgehead atoms. The van der Waals surface area contributed by atoms with E-state index in [4.69, 9.17) is 23.2 Å². The first-order valence-electron chi connectivity index (χ1n) is 13.1. The lowest BCUT2D eigenvalue weighted by Gasteiger charge is -2.32. The average Bonchev–Trinajstić information content (AvgIpc) is 3.36. The Labute approximate surface area is 236 Å². The van der Waals surface area contributed by atoms with E-state index in [1.54, 1.807) is 17.0 Å². The van der Waals surface area contributed by atoms with Crippen molar-refractivity contribution in [2.75, 3.05) is 17.1 Å². The van der Waals surface area contributed by atoms with Crippen molar-refractivity contribution in [3.8, 4) is 0 Å². The number of benzene rings is 2. The Hall–Kier alpha value is -2.29. The average molecular weight is 583 g/mol. The van der Waals surface area contributed by atoms with Gasteiger partial charge in [-0.1, -0.05) is 72.8 Å². The van der Waals surface area contributed by atoms with Crippen LogP contribution in [0.4, 0.5) is 5.69 Å². The van der Waals surface area contributed by atoms with Crippen LogP contribution in [-0.4, -0.2) is 50.0 Å². The quantitative estimate of drug-likeness (QED) is 0.347. The highest BCUT2D eigenvalue weighted by molar-refractivity contribution is 7.92. The second-order valence-electron chi connectivity index (χ2n) is 9.96. The fraction of sp³-hybridized carbons (Fsp3) is 0.500. The fourth-order valence-electron chi connectivity index (χ4n) is 4.84. The first kappa shape index (κ1) is 30.3. The van der Waals surface area contributed by atoms with Gasteiger partial charge in [0.15, 0.2) is 0 Å². The van der Waals surface area contributed by atoms with Crippen LogP contribution in [0.5, 0.6) is 0 Å². The van der Waals surface area contributed by atoms with E-state index in [0.29, 0.717) is 18.0 Å². The molecule has 1 atom stereocenters. The molecule has 3 rings (SSSR count). The SMILES string of the molecule is CC[C@@H](C(=O)NC1CCCC1)N(Cc1ccc(C)cc1)C(=O)CCCN(c1cc(Cl)ccc1Cl)S(C)(=O)=O. The monoisotopic (exact) mass is 581 g/mol. The summed E-state index contributed by atoms with van der Waals surface area (Å²) in [6.07, 6.45) is 6.01. The standard InChI is InChI=1S/C28H37Cl2N3O4S/c1-4-25(28(35)31-23-8-5-6-9-23)32(19-21-13-11-20(2)12-14-21)27(34)10-7-17-33(38(3,36)37)26-18-22(29)15-16-24(26)30/h11-16,18,23,25H,4-10,17,19H2,1-3H3,(H,31,35)/t25-/m0/s1. The highest BCUT2D eigenvalue weighted by atomic mass is 35.5. The summed E-state index contributed by atoms with van der Waals surface area (Å²) in [7, 11) is -3.67. The topological polar surface area (TPSA) is 86.8 Å². The van der Waals surface area contributed by atoms with Crippen molar-refractivity contribution in [2.24, 2.45) is 0 Å². The second-order valence-corrected chi connectivity index (χ2v) is 12.7. The third-order valence-electron chi connectivity index (χ3n) is 6.89. The molecule has 0 saturated heterocycles. The maximum atomic E-state index is 13.6. The van der Waals surface area contributed by atoms with Gasteiger partial charge in [0.2, 0.25) is 21.8 Å². The van der Waals surface area contributed by atoms with Gasteiger partial charge in [-0.05, 0) is 56.4 Å².